The molecule has 0 N–H and O–H groups in total. The van der Waals surface area contributed by atoms with Gasteiger partial charge in [-0.05, 0) is 37.1 Å². The fourth-order valence-corrected chi connectivity index (χ4v) is 2.74. The van der Waals surface area contributed by atoms with E-state index < -0.39 is 0 Å². The molecule has 0 spiro atoms. The number of rotatable bonds is 6. The third kappa shape index (κ3) is 2.82. The number of nitrogens with zero attached hydrogens (tertiary/aromatic N) is 3. The van der Waals surface area contributed by atoms with Crippen molar-refractivity contribution in [3.05, 3.63) is 42.9 Å². The predicted molar refractivity (Wildman–Crippen MR) is 90.0 cm³/mol. The lowest BCUT2D eigenvalue weighted by Crippen LogP contribution is -2.26. The molecule has 114 valence electrons. The fourth-order valence-electron chi connectivity index (χ4n) is 2.74. The molecule has 2 aromatic heterocycles. The summed E-state index contributed by atoms with van der Waals surface area (Å²) >= 11 is 0. The van der Waals surface area contributed by atoms with Gasteiger partial charge in [-0.2, -0.15) is 0 Å². The Labute approximate surface area is 130 Å². The van der Waals surface area contributed by atoms with Crippen LogP contribution < -0.4 is 4.90 Å². The summed E-state index contributed by atoms with van der Waals surface area (Å²) in [6.45, 7) is 6.37. The first-order chi connectivity index (χ1) is 10.8. The van der Waals surface area contributed by atoms with Crippen LogP contribution in [0.5, 0.6) is 0 Å². The van der Waals surface area contributed by atoms with Crippen LogP contribution in [-0.2, 0) is 0 Å². The molecule has 1 aromatic carbocycles. The van der Waals surface area contributed by atoms with E-state index in [-0.39, 0.29) is 0 Å². The van der Waals surface area contributed by atoms with E-state index in [0.717, 1.165) is 54.0 Å². The van der Waals surface area contributed by atoms with Crippen LogP contribution in [0.4, 0.5) is 5.82 Å². The Morgan fingerprint density at radius 1 is 1.00 bits per heavy atom. The van der Waals surface area contributed by atoms with Crippen molar-refractivity contribution in [2.75, 3.05) is 18.0 Å². The zero-order chi connectivity index (χ0) is 15.4. The van der Waals surface area contributed by atoms with E-state index in [0.29, 0.717) is 0 Å². The molecule has 0 amide bonds. The minimum atomic E-state index is 0.896. The number of anilines is 1. The minimum Gasteiger partial charge on any atom is -0.464 e. The second kappa shape index (κ2) is 6.60. The highest BCUT2D eigenvalue weighted by Gasteiger charge is 2.14. The van der Waals surface area contributed by atoms with Gasteiger partial charge in [0.15, 0.2) is 5.82 Å². The van der Waals surface area contributed by atoms with Crippen molar-refractivity contribution in [3.63, 3.8) is 0 Å². The topological polar surface area (TPSA) is 42.2 Å². The van der Waals surface area contributed by atoms with Gasteiger partial charge < -0.3 is 9.32 Å². The molecule has 4 heteroatoms. The maximum absolute atomic E-state index is 5.42. The van der Waals surface area contributed by atoms with E-state index in [2.05, 4.69) is 40.8 Å². The molecular weight excluding hydrogens is 274 g/mol. The summed E-state index contributed by atoms with van der Waals surface area (Å²) in [6.07, 6.45) is 7.43. The lowest BCUT2D eigenvalue weighted by Gasteiger charge is -2.24. The van der Waals surface area contributed by atoms with Gasteiger partial charge in [0, 0.05) is 36.4 Å². The summed E-state index contributed by atoms with van der Waals surface area (Å²) in [5.41, 5.74) is 2.91. The van der Waals surface area contributed by atoms with Crippen molar-refractivity contribution in [1.82, 2.24) is 9.97 Å². The van der Waals surface area contributed by atoms with E-state index in [1.54, 1.807) is 18.7 Å². The monoisotopic (exact) mass is 295 g/mol. The third-order valence-corrected chi connectivity index (χ3v) is 3.69. The first-order valence-corrected chi connectivity index (χ1v) is 7.87. The molecule has 0 aliphatic rings. The number of benzene rings is 1. The Hall–Kier alpha value is -2.36. The van der Waals surface area contributed by atoms with Crippen LogP contribution in [0.2, 0.25) is 0 Å². The molecule has 0 radical (unpaired) electrons. The van der Waals surface area contributed by atoms with Gasteiger partial charge in [-0.15, -0.1) is 0 Å². The Bertz CT molecular complexity index is 745. The molecule has 0 fully saturated rings. The summed E-state index contributed by atoms with van der Waals surface area (Å²) < 4.78 is 5.42. The first kappa shape index (κ1) is 14.6. The molecule has 3 aromatic rings. The molecule has 4 nitrogen and oxygen atoms in total. The summed E-state index contributed by atoms with van der Waals surface area (Å²) in [5, 5.41) is 1.09. The van der Waals surface area contributed by atoms with Crippen molar-refractivity contribution in [3.8, 4) is 11.3 Å². The highest BCUT2D eigenvalue weighted by atomic mass is 16.3. The van der Waals surface area contributed by atoms with Crippen molar-refractivity contribution in [1.29, 1.82) is 0 Å². The standard InChI is InChI=1S/C18H21N3O/c1-3-10-21(11-4-2)18-17(19-8-9-20-18)15-5-6-16-14(13-15)7-12-22-16/h5-9,12-13H,3-4,10-11H2,1-2H3. The smallest absolute Gasteiger partial charge is 0.155 e. The number of fused-ring (bicyclic) bond motifs is 1. The van der Waals surface area contributed by atoms with Crippen LogP contribution in [-0.4, -0.2) is 23.1 Å². The zero-order valence-electron chi connectivity index (χ0n) is 13.1. The highest BCUT2D eigenvalue weighted by molar-refractivity contribution is 5.85. The van der Waals surface area contributed by atoms with Gasteiger partial charge in [0.2, 0.25) is 0 Å². The second-order valence-corrected chi connectivity index (χ2v) is 5.39. The molecule has 0 saturated carbocycles. The zero-order valence-corrected chi connectivity index (χ0v) is 13.1. The Morgan fingerprint density at radius 2 is 1.77 bits per heavy atom. The van der Waals surface area contributed by atoms with Gasteiger partial charge in [-0.25, -0.2) is 4.98 Å². The van der Waals surface area contributed by atoms with Gasteiger partial charge in [0.1, 0.15) is 11.3 Å². The SMILES string of the molecule is CCCN(CCC)c1nccnc1-c1ccc2occc2c1. The maximum atomic E-state index is 5.42. The van der Waals surface area contributed by atoms with Crippen molar-refractivity contribution < 1.29 is 4.42 Å². The number of furan rings is 1. The average molecular weight is 295 g/mol. The van der Waals surface area contributed by atoms with E-state index in [4.69, 9.17) is 4.42 Å². The number of hydrogen-bond donors (Lipinski definition) is 0. The van der Waals surface area contributed by atoms with E-state index in [1.807, 2.05) is 12.1 Å². The van der Waals surface area contributed by atoms with E-state index in [1.165, 1.54) is 0 Å². The van der Waals surface area contributed by atoms with Crippen LogP contribution in [0.15, 0.2) is 47.3 Å². The van der Waals surface area contributed by atoms with E-state index >= 15 is 0 Å². The summed E-state index contributed by atoms with van der Waals surface area (Å²) in [5.74, 6) is 0.967. The fraction of sp³-hybridized carbons (Fsp3) is 0.333. The third-order valence-electron chi connectivity index (χ3n) is 3.69. The Balaban J connectivity index is 2.05. The molecule has 3 rings (SSSR count). The molecule has 0 bridgehead atoms. The average Bonchev–Trinajstić information content (AvgIpc) is 3.02. The number of aromatic nitrogens is 2. The van der Waals surface area contributed by atoms with Gasteiger partial charge >= 0.3 is 0 Å². The van der Waals surface area contributed by atoms with Crippen LogP contribution >= 0.6 is 0 Å². The largest absolute Gasteiger partial charge is 0.464 e. The van der Waals surface area contributed by atoms with Crippen LogP contribution in [0.3, 0.4) is 0 Å². The maximum Gasteiger partial charge on any atom is 0.155 e. The molecule has 2 heterocycles. The second-order valence-electron chi connectivity index (χ2n) is 5.39. The summed E-state index contributed by atoms with van der Waals surface area (Å²) in [4.78, 5) is 11.5. The molecular formula is C18H21N3O. The molecule has 0 saturated heterocycles. The van der Waals surface area contributed by atoms with Gasteiger partial charge in [0.05, 0.1) is 6.26 Å². The highest BCUT2D eigenvalue weighted by Crippen LogP contribution is 2.29. The van der Waals surface area contributed by atoms with Gasteiger partial charge in [0.25, 0.3) is 0 Å². The Morgan fingerprint density at radius 3 is 2.55 bits per heavy atom. The number of hydrogen-bond acceptors (Lipinski definition) is 4. The van der Waals surface area contributed by atoms with E-state index in [9.17, 15) is 0 Å². The summed E-state index contributed by atoms with van der Waals surface area (Å²) in [7, 11) is 0. The van der Waals surface area contributed by atoms with Crippen molar-refractivity contribution in [2.45, 2.75) is 26.7 Å². The van der Waals surface area contributed by atoms with Crippen molar-refractivity contribution >= 4 is 16.8 Å². The molecule has 0 atom stereocenters. The Kier molecular flexibility index (Phi) is 4.37. The summed E-state index contributed by atoms with van der Waals surface area (Å²) in [6, 6.07) is 8.13. The van der Waals surface area contributed by atoms with Crippen molar-refractivity contribution in [2.24, 2.45) is 0 Å². The lowest BCUT2D eigenvalue weighted by molar-refractivity contribution is 0.616. The molecule has 0 unspecified atom stereocenters. The van der Waals surface area contributed by atoms with Crippen LogP contribution in [0.1, 0.15) is 26.7 Å². The van der Waals surface area contributed by atoms with Gasteiger partial charge in [-0.1, -0.05) is 13.8 Å². The van der Waals surface area contributed by atoms with Gasteiger partial charge in [-0.3, -0.25) is 4.98 Å². The normalized spacial score (nSPS) is 11.0. The molecule has 22 heavy (non-hydrogen) atoms. The first-order valence-electron chi connectivity index (χ1n) is 7.87. The minimum absolute atomic E-state index is 0.896. The quantitative estimate of drug-likeness (QED) is 0.670. The predicted octanol–water partition coefficient (Wildman–Crippen LogP) is 4.52. The van der Waals surface area contributed by atoms with Crippen LogP contribution in [0, 0.1) is 0 Å². The van der Waals surface area contributed by atoms with Crippen LogP contribution in [0.25, 0.3) is 22.2 Å². The lowest BCUT2D eigenvalue weighted by atomic mass is 10.1. The molecule has 0 aliphatic carbocycles. The molecule has 0 aliphatic heterocycles.